The van der Waals surface area contributed by atoms with Crippen molar-refractivity contribution in [2.45, 2.75) is 0 Å². The van der Waals surface area contributed by atoms with E-state index in [-0.39, 0.29) is 5.69 Å². The summed E-state index contributed by atoms with van der Waals surface area (Å²) >= 11 is 1.34. The highest BCUT2D eigenvalue weighted by molar-refractivity contribution is 7.11. The SMILES string of the molecule is N#CC(=Cc1cccc2ccccc12)c1nc(-c2cccc([N+](=O)[O-])c2)cs1. The minimum atomic E-state index is -0.433. The van der Waals surface area contributed by atoms with Crippen LogP contribution in [0.25, 0.3) is 33.7 Å². The van der Waals surface area contributed by atoms with E-state index in [1.54, 1.807) is 12.1 Å². The summed E-state index contributed by atoms with van der Waals surface area (Å²) in [6.45, 7) is 0. The lowest BCUT2D eigenvalue weighted by atomic mass is 10.0. The number of hydrogen-bond donors (Lipinski definition) is 0. The summed E-state index contributed by atoms with van der Waals surface area (Å²) < 4.78 is 0. The molecule has 4 rings (SSSR count). The van der Waals surface area contributed by atoms with Gasteiger partial charge in [0.15, 0.2) is 0 Å². The fourth-order valence-corrected chi connectivity index (χ4v) is 3.78. The lowest BCUT2D eigenvalue weighted by molar-refractivity contribution is -0.384. The molecule has 0 spiro atoms. The zero-order chi connectivity index (χ0) is 19.5. The lowest BCUT2D eigenvalue weighted by Crippen LogP contribution is -1.88. The van der Waals surface area contributed by atoms with E-state index in [4.69, 9.17) is 0 Å². The molecule has 0 N–H and O–H groups in total. The van der Waals surface area contributed by atoms with Gasteiger partial charge in [0.1, 0.15) is 11.1 Å². The van der Waals surface area contributed by atoms with E-state index in [9.17, 15) is 15.4 Å². The molecule has 1 aromatic heterocycles. The third kappa shape index (κ3) is 3.39. The molecule has 0 amide bonds. The van der Waals surface area contributed by atoms with Crippen molar-refractivity contribution in [1.29, 1.82) is 5.26 Å². The highest BCUT2D eigenvalue weighted by atomic mass is 32.1. The van der Waals surface area contributed by atoms with Crippen molar-refractivity contribution < 1.29 is 4.92 Å². The first-order chi connectivity index (χ1) is 13.7. The number of nitrogens with zero attached hydrogens (tertiary/aromatic N) is 3. The predicted octanol–water partition coefficient (Wildman–Crippen LogP) is 5.94. The number of allylic oxidation sites excluding steroid dienone is 1. The summed E-state index contributed by atoms with van der Waals surface area (Å²) in [6.07, 6.45) is 1.83. The van der Waals surface area contributed by atoms with Gasteiger partial charge in [0, 0.05) is 23.1 Å². The van der Waals surface area contributed by atoms with Crippen molar-refractivity contribution in [1.82, 2.24) is 4.98 Å². The van der Waals surface area contributed by atoms with Crippen LogP contribution in [0, 0.1) is 21.4 Å². The second-order valence-corrected chi connectivity index (χ2v) is 6.94. The zero-order valence-corrected chi connectivity index (χ0v) is 15.4. The van der Waals surface area contributed by atoms with E-state index in [1.807, 2.05) is 53.9 Å². The summed E-state index contributed by atoms with van der Waals surface area (Å²) in [5.74, 6) is 0. The molecule has 0 saturated heterocycles. The molecule has 0 radical (unpaired) electrons. The van der Waals surface area contributed by atoms with Crippen molar-refractivity contribution >= 4 is 39.4 Å². The molecule has 5 nitrogen and oxygen atoms in total. The molecule has 0 atom stereocenters. The monoisotopic (exact) mass is 383 g/mol. The molecular weight excluding hydrogens is 370 g/mol. The standard InChI is InChI=1S/C22H13N3O2S/c23-13-18(11-16-7-3-6-15-5-1-2-10-20(15)16)22-24-21(14-28-22)17-8-4-9-19(12-17)25(26)27/h1-12,14H. The average Bonchev–Trinajstić information content (AvgIpc) is 3.22. The minimum Gasteiger partial charge on any atom is -0.258 e. The van der Waals surface area contributed by atoms with Gasteiger partial charge in [0.25, 0.3) is 5.69 Å². The normalized spacial score (nSPS) is 11.3. The molecule has 1 heterocycles. The van der Waals surface area contributed by atoms with Gasteiger partial charge in [-0.05, 0) is 22.4 Å². The maximum absolute atomic E-state index is 11.0. The Bertz CT molecular complexity index is 1260. The van der Waals surface area contributed by atoms with Crippen LogP contribution in [-0.2, 0) is 0 Å². The van der Waals surface area contributed by atoms with Crippen LogP contribution in [0.2, 0.25) is 0 Å². The smallest absolute Gasteiger partial charge is 0.258 e. The average molecular weight is 383 g/mol. The molecule has 0 aliphatic heterocycles. The summed E-state index contributed by atoms with van der Waals surface area (Å²) in [5.41, 5.74) is 2.68. The van der Waals surface area contributed by atoms with Crippen molar-refractivity contribution in [2.24, 2.45) is 0 Å². The Labute approximate surface area is 165 Å². The summed E-state index contributed by atoms with van der Waals surface area (Å²) in [5, 5.41) is 25.2. The molecule has 0 aliphatic carbocycles. The number of nitro benzene ring substituents is 1. The quantitative estimate of drug-likeness (QED) is 0.248. The van der Waals surface area contributed by atoms with E-state index >= 15 is 0 Å². The van der Waals surface area contributed by atoms with Gasteiger partial charge in [-0.3, -0.25) is 10.1 Å². The molecular formula is C22H13N3O2S. The number of nitriles is 1. The van der Waals surface area contributed by atoms with Gasteiger partial charge in [-0.1, -0.05) is 54.6 Å². The molecule has 4 aromatic rings. The fraction of sp³-hybridized carbons (Fsp3) is 0. The highest BCUT2D eigenvalue weighted by Crippen LogP contribution is 2.30. The third-order valence-electron chi connectivity index (χ3n) is 4.33. The number of benzene rings is 3. The Kier molecular flexibility index (Phi) is 4.67. The second-order valence-electron chi connectivity index (χ2n) is 6.08. The van der Waals surface area contributed by atoms with Gasteiger partial charge in [0.2, 0.25) is 0 Å². The van der Waals surface area contributed by atoms with E-state index in [2.05, 4.69) is 11.1 Å². The molecule has 3 aromatic carbocycles. The van der Waals surface area contributed by atoms with E-state index in [0.717, 1.165) is 16.3 Å². The molecule has 134 valence electrons. The molecule has 6 heteroatoms. The maximum Gasteiger partial charge on any atom is 0.270 e. The fourth-order valence-electron chi connectivity index (χ4n) is 2.98. The Hall–Kier alpha value is -3.82. The first-order valence-electron chi connectivity index (χ1n) is 8.46. The van der Waals surface area contributed by atoms with Crippen LogP contribution in [0.4, 0.5) is 5.69 Å². The van der Waals surface area contributed by atoms with Crippen molar-refractivity contribution in [3.05, 3.63) is 92.8 Å². The Morgan fingerprint density at radius 1 is 1.11 bits per heavy atom. The Morgan fingerprint density at radius 3 is 2.71 bits per heavy atom. The van der Waals surface area contributed by atoms with Gasteiger partial charge >= 0.3 is 0 Å². The first kappa shape index (κ1) is 17.6. The largest absolute Gasteiger partial charge is 0.270 e. The molecule has 0 fully saturated rings. The zero-order valence-electron chi connectivity index (χ0n) is 14.6. The number of hydrogen-bond acceptors (Lipinski definition) is 5. The van der Waals surface area contributed by atoms with Crippen molar-refractivity contribution in [3.8, 4) is 17.3 Å². The van der Waals surface area contributed by atoms with Crippen LogP contribution >= 0.6 is 11.3 Å². The number of nitro groups is 1. The number of aromatic nitrogens is 1. The number of thiazole rings is 1. The van der Waals surface area contributed by atoms with Crippen LogP contribution in [0.3, 0.4) is 0 Å². The van der Waals surface area contributed by atoms with Crippen LogP contribution in [-0.4, -0.2) is 9.91 Å². The molecule has 0 unspecified atom stereocenters. The van der Waals surface area contributed by atoms with Crippen molar-refractivity contribution in [2.75, 3.05) is 0 Å². The van der Waals surface area contributed by atoms with Gasteiger partial charge in [0.05, 0.1) is 16.2 Å². The van der Waals surface area contributed by atoms with E-state index < -0.39 is 4.92 Å². The molecule has 28 heavy (non-hydrogen) atoms. The van der Waals surface area contributed by atoms with Gasteiger partial charge < -0.3 is 0 Å². The summed E-state index contributed by atoms with van der Waals surface area (Å²) in [7, 11) is 0. The Balaban J connectivity index is 1.74. The first-order valence-corrected chi connectivity index (χ1v) is 9.34. The van der Waals surface area contributed by atoms with E-state index in [1.165, 1.54) is 23.5 Å². The van der Waals surface area contributed by atoms with Crippen molar-refractivity contribution in [3.63, 3.8) is 0 Å². The van der Waals surface area contributed by atoms with Crippen LogP contribution in [0.1, 0.15) is 10.6 Å². The van der Waals surface area contributed by atoms with Gasteiger partial charge in [-0.15, -0.1) is 11.3 Å². The maximum atomic E-state index is 11.0. The highest BCUT2D eigenvalue weighted by Gasteiger charge is 2.12. The summed E-state index contributed by atoms with van der Waals surface area (Å²) in [4.78, 5) is 15.1. The number of fused-ring (bicyclic) bond motifs is 1. The van der Waals surface area contributed by atoms with Gasteiger partial charge in [-0.25, -0.2) is 4.98 Å². The molecule has 0 saturated carbocycles. The number of rotatable bonds is 4. The topological polar surface area (TPSA) is 79.8 Å². The summed E-state index contributed by atoms with van der Waals surface area (Å²) in [6, 6.07) is 22.5. The second kappa shape index (κ2) is 7.43. The van der Waals surface area contributed by atoms with Gasteiger partial charge in [-0.2, -0.15) is 5.26 Å². The van der Waals surface area contributed by atoms with Crippen LogP contribution in [0.5, 0.6) is 0 Å². The number of non-ortho nitro benzene ring substituents is 1. The Morgan fingerprint density at radius 2 is 1.89 bits per heavy atom. The van der Waals surface area contributed by atoms with E-state index in [0.29, 0.717) is 21.8 Å². The van der Waals surface area contributed by atoms with Crippen LogP contribution in [0.15, 0.2) is 72.1 Å². The molecule has 0 bridgehead atoms. The lowest BCUT2D eigenvalue weighted by Gasteiger charge is -2.02. The minimum absolute atomic E-state index is 0.0128. The molecule has 0 aliphatic rings. The third-order valence-corrected chi connectivity index (χ3v) is 5.21. The van der Waals surface area contributed by atoms with Crippen LogP contribution < -0.4 is 0 Å². The predicted molar refractivity (Wildman–Crippen MR) is 112 cm³/mol.